The summed E-state index contributed by atoms with van der Waals surface area (Å²) in [5, 5.41) is 6.31. The van der Waals surface area contributed by atoms with Crippen LogP contribution in [0.15, 0.2) is 18.2 Å². The van der Waals surface area contributed by atoms with Crippen LogP contribution in [-0.2, 0) is 4.79 Å². The van der Waals surface area contributed by atoms with Crippen molar-refractivity contribution in [2.45, 2.75) is 39.2 Å². The number of nitrogens with one attached hydrogen (secondary N) is 2. The molecule has 1 fully saturated rings. The van der Waals surface area contributed by atoms with Gasteiger partial charge in [-0.1, -0.05) is 6.92 Å². The van der Waals surface area contributed by atoms with Gasteiger partial charge in [0.25, 0.3) is 0 Å². The van der Waals surface area contributed by atoms with E-state index in [-0.39, 0.29) is 30.2 Å². The molecule has 1 aliphatic heterocycles. The summed E-state index contributed by atoms with van der Waals surface area (Å²) in [6.07, 6.45) is 2.76. The minimum atomic E-state index is -0.329. The third-order valence-corrected chi connectivity index (χ3v) is 4.73. The van der Waals surface area contributed by atoms with Crippen molar-refractivity contribution in [3.63, 3.8) is 0 Å². The molecule has 6 heteroatoms. The Kier molecular flexibility index (Phi) is 8.50. The fourth-order valence-corrected chi connectivity index (χ4v) is 3.29. The Balaban J connectivity index is 0.00000288. The van der Waals surface area contributed by atoms with Crippen LogP contribution in [0.1, 0.15) is 44.7 Å². The zero-order valence-corrected chi connectivity index (χ0v) is 15.4. The van der Waals surface area contributed by atoms with Crippen molar-refractivity contribution in [3.05, 3.63) is 29.6 Å². The molecule has 2 N–H and O–H groups in total. The molecule has 0 spiro atoms. The molecule has 2 atom stereocenters. The van der Waals surface area contributed by atoms with Crippen molar-refractivity contribution >= 4 is 18.3 Å². The van der Waals surface area contributed by atoms with Gasteiger partial charge in [-0.3, -0.25) is 4.79 Å². The van der Waals surface area contributed by atoms with Gasteiger partial charge in [0, 0.05) is 12.0 Å². The molecule has 1 aromatic carbocycles. The van der Waals surface area contributed by atoms with Crippen LogP contribution < -0.4 is 15.4 Å². The largest absolute Gasteiger partial charge is 0.496 e. The van der Waals surface area contributed by atoms with Crippen LogP contribution in [0, 0.1) is 17.7 Å². The number of amides is 1. The van der Waals surface area contributed by atoms with Crippen LogP contribution in [0.4, 0.5) is 4.39 Å². The molecule has 1 aromatic rings. The van der Waals surface area contributed by atoms with E-state index in [9.17, 15) is 9.18 Å². The number of ether oxygens (including phenoxy) is 1. The second-order valence-corrected chi connectivity index (χ2v) is 6.44. The van der Waals surface area contributed by atoms with Crippen molar-refractivity contribution in [3.8, 4) is 5.75 Å². The zero-order chi connectivity index (χ0) is 16.8. The second kappa shape index (κ2) is 9.84. The Morgan fingerprint density at radius 3 is 2.67 bits per heavy atom. The van der Waals surface area contributed by atoms with E-state index in [1.807, 2.05) is 6.92 Å². The Bertz CT molecular complexity index is 536. The summed E-state index contributed by atoms with van der Waals surface area (Å²) in [7, 11) is 1.55. The van der Waals surface area contributed by atoms with Gasteiger partial charge in [0.05, 0.1) is 13.2 Å². The Hall–Kier alpha value is -1.33. The number of piperidine rings is 1. The number of carbonyl (C=O) groups is 1. The van der Waals surface area contributed by atoms with E-state index >= 15 is 0 Å². The van der Waals surface area contributed by atoms with E-state index in [4.69, 9.17) is 4.74 Å². The van der Waals surface area contributed by atoms with Gasteiger partial charge in [0.1, 0.15) is 11.6 Å². The van der Waals surface area contributed by atoms with Crippen LogP contribution in [0.2, 0.25) is 0 Å². The van der Waals surface area contributed by atoms with E-state index in [0.717, 1.165) is 25.9 Å². The maximum absolute atomic E-state index is 13.5. The quantitative estimate of drug-likeness (QED) is 0.818. The Morgan fingerprint density at radius 1 is 1.38 bits per heavy atom. The maximum Gasteiger partial charge on any atom is 0.220 e. The summed E-state index contributed by atoms with van der Waals surface area (Å²) in [6.45, 7) is 6.06. The molecule has 0 radical (unpaired) electrons. The van der Waals surface area contributed by atoms with Crippen molar-refractivity contribution in [1.29, 1.82) is 0 Å². The standard InChI is InChI=1S/C18H27FN2O2.ClH/c1-12(14-6-8-20-9-7-14)10-18(22)21-13(2)16-11-15(19)4-5-17(16)23-3;/h4-5,11-14,20H,6-10H2,1-3H3,(H,21,22);1H. The first-order valence-corrected chi connectivity index (χ1v) is 8.34. The first kappa shape index (κ1) is 20.7. The molecule has 0 bridgehead atoms. The average molecular weight is 359 g/mol. The molecule has 0 aliphatic carbocycles. The molecular formula is C18H28ClFN2O2. The lowest BCUT2D eigenvalue weighted by Crippen LogP contribution is -2.34. The number of halogens is 2. The monoisotopic (exact) mass is 358 g/mol. The van der Waals surface area contributed by atoms with Crippen molar-refractivity contribution in [2.75, 3.05) is 20.2 Å². The molecule has 136 valence electrons. The zero-order valence-electron chi connectivity index (χ0n) is 14.6. The molecule has 2 rings (SSSR count). The van der Waals surface area contributed by atoms with Crippen LogP contribution in [0.5, 0.6) is 5.75 Å². The fourth-order valence-electron chi connectivity index (χ4n) is 3.29. The number of benzene rings is 1. The van der Waals surface area contributed by atoms with Gasteiger partial charge in [-0.05, 0) is 62.9 Å². The van der Waals surface area contributed by atoms with E-state index in [2.05, 4.69) is 17.6 Å². The minimum Gasteiger partial charge on any atom is -0.496 e. The molecule has 24 heavy (non-hydrogen) atoms. The minimum absolute atomic E-state index is 0. The van der Waals surface area contributed by atoms with Crippen molar-refractivity contribution in [1.82, 2.24) is 10.6 Å². The molecule has 4 nitrogen and oxygen atoms in total. The lowest BCUT2D eigenvalue weighted by atomic mass is 9.84. The van der Waals surface area contributed by atoms with Gasteiger partial charge in [0.15, 0.2) is 0 Å². The summed E-state index contributed by atoms with van der Waals surface area (Å²) in [5.41, 5.74) is 0.662. The Labute approximate surface area is 149 Å². The highest BCUT2D eigenvalue weighted by Gasteiger charge is 2.23. The molecule has 2 unspecified atom stereocenters. The topological polar surface area (TPSA) is 50.4 Å². The molecule has 1 amide bonds. The smallest absolute Gasteiger partial charge is 0.220 e. The van der Waals surface area contributed by atoms with Gasteiger partial charge in [-0.2, -0.15) is 0 Å². The summed E-state index contributed by atoms with van der Waals surface area (Å²) >= 11 is 0. The van der Waals surface area contributed by atoms with Gasteiger partial charge in [-0.15, -0.1) is 12.4 Å². The van der Waals surface area contributed by atoms with Crippen LogP contribution in [-0.4, -0.2) is 26.1 Å². The number of hydrogen-bond acceptors (Lipinski definition) is 3. The number of methoxy groups -OCH3 is 1. The lowest BCUT2D eigenvalue weighted by Gasteiger charge is -2.28. The molecule has 0 saturated carbocycles. The second-order valence-electron chi connectivity index (χ2n) is 6.44. The van der Waals surface area contributed by atoms with E-state index < -0.39 is 0 Å². The summed E-state index contributed by atoms with van der Waals surface area (Å²) in [4.78, 5) is 12.3. The molecular weight excluding hydrogens is 331 g/mol. The SMILES string of the molecule is COc1ccc(F)cc1C(C)NC(=O)CC(C)C1CCNCC1.Cl. The molecule has 1 aliphatic rings. The lowest BCUT2D eigenvalue weighted by molar-refractivity contribution is -0.123. The normalized spacial score (nSPS) is 17.5. The highest BCUT2D eigenvalue weighted by atomic mass is 35.5. The van der Waals surface area contributed by atoms with Crippen molar-refractivity contribution < 1.29 is 13.9 Å². The van der Waals surface area contributed by atoms with Gasteiger partial charge < -0.3 is 15.4 Å². The predicted molar refractivity (Wildman–Crippen MR) is 96.1 cm³/mol. The first-order valence-electron chi connectivity index (χ1n) is 8.34. The number of carbonyl (C=O) groups excluding carboxylic acids is 1. The van der Waals surface area contributed by atoms with Gasteiger partial charge >= 0.3 is 0 Å². The van der Waals surface area contributed by atoms with E-state index in [1.54, 1.807) is 13.2 Å². The summed E-state index contributed by atoms with van der Waals surface area (Å²) in [5.74, 6) is 1.23. The molecule has 1 saturated heterocycles. The average Bonchev–Trinajstić information content (AvgIpc) is 2.55. The van der Waals surface area contributed by atoms with Gasteiger partial charge in [0.2, 0.25) is 5.91 Å². The Morgan fingerprint density at radius 2 is 2.04 bits per heavy atom. The highest BCUT2D eigenvalue weighted by Crippen LogP contribution is 2.27. The third-order valence-electron chi connectivity index (χ3n) is 4.73. The van der Waals surface area contributed by atoms with E-state index in [0.29, 0.717) is 29.6 Å². The van der Waals surface area contributed by atoms with Crippen molar-refractivity contribution in [2.24, 2.45) is 11.8 Å². The highest BCUT2D eigenvalue weighted by molar-refractivity contribution is 5.85. The van der Waals surface area contributed by atoms with Crippen LogP contribution in [0.3, 0.4) is 0 Å². The third kappa shape index (κ3) is 5.64. The summed E-state index contributed by atoms with van der Waals surface area (Å²) < 4.78 is 18.7. The summed E-state index contributed by atoms with van der Waals surface area (Å²) in [6, 6.07) is 4.08. The fraction of sp³-hybridized carbons (Fsp3) is 0.611. The van der Waals surface area contributed by atoms with Crippen LogP contribution in [0.25, 0.3) is 0 Å². The predicted octanol–water partition coefficient (Wildman–Crippen LogP) is 3.46. The van der Waals surface area contributed by atoms with E-state index in [1.165, 1.54) is 12.1 Å². The number of rotatable bonds is 6. The maximum atomic E-state index is 13.5. The van der Waals surface area contributed by atoms with Crippen LogP contribution >= 0.6 is 12.4 Å². The first-order chi connectivity index (χ1) is 11.0. The molecule has 0 aromatic heterocycles. The van der Waals surface area contributed by atoms with Gasteiger partial charge in [-0.25, -0.2) is 4.39 Å². The number of hydrogen-bond donors (Lipinski definition) is 2. The molecule has 1 heterocycles.